The molecule has 0 saturated carbocycles. The number of ether oxygens (including phenoxy) is 1. The molecule has 0 unspecified atom stereocenters. The van der Waals surface area contributed by atoms with Crippen molar-refractivity contribution in [2.24, 2.45) is 11.8 Å². The molecule has 29 heavy (non-hydrogen) atoms. The van der Waals surface area contributed by atoms with Gasteiger partial charge in [0.25, 0.3) is 5.78 Å². The molecule has 0 bridgehead atoms. The van der Waals surface area contributed by atoms with Crippen LogP contribution in [0, 0.1) is 11.8 Å². The van der Waals surface area contributed by atoms with E-state index < -0.39 is 49.8 Å². The lowest BCUT2D eigenvalue weighted by Gasteiger charge is -2.47. The number of nitrogens with zero attached hydrogens (tertiary/aromatic N) is 2. The average molecular weight is 424 g/mol. The molecule has 8 nitrogen and oxygen atoms in total. The zero-order chi connectivity index (χ0) is 22.6. The maximum atomic E-state index is 12.9. The van der Waals surface area contributed by atoms with E-state index in [1.54, 1.807) is 6.92 Å². The van der Waals surface area contributed by atoms with Crippen molar-refractivity contribution in [3.05, 3.63) is 18.2 Å². The number of rotatable bonds is 10. The van der Waals surface area contributed by atoms with Gasteiger partial charge in [0.1, 0.15) is 6.61 Å². The molecular formula is C20H33N3O5Si. The zero-order valence-electron chi connectivity index (χ0n) is 18.4. The van der Waals surface area contributed by atoms with Gasteiger partial charge in [0.2, 0.25) is 5.91 Å². The fourth-order valence-corrected chi connectivity index (χ4v) is 4.59. The van der Waals surface area contributed by atoms with Crippen LogP contribution in [-0.4, -0.2) is 55.2 Å². The number of amides is 1. The Morgan fingerprint density at radius 1 is 1.38 bits per heavy atom. The van der Waals surface area contributed by atoms with Crippen molar-refractivity contribution >= 4 is 31.7 Å². The van der Waals surface area contributed by atoms with Crippen LogP contribution in [0.4, 0.5) is 0 Å². The Labute approximate surface area is 173 Å². The van der Waals surface area contributed by atoms with Gasteiger partial charge in [0, 0.05) is 0 Å². The highest BCUT2D eigenvalue weighted by Gasteiger charge is 2.53. The van der Waals surface area contributed by atoms with E-state index >= 15 is 0 Å². The van der Waals surface area contributed by atoms with E-state index in [-0.39, 0.29) is 17.6 Å². The van der Waals surface area contributed by atoms with Gasteiger partial charge in [-0.1, -0.05) is 40.3 Å². The Bertz CT molecular complexity index is 722. The van der Waals surface area contributed by atoms with Gasteiger partial charge in [-0.3, -0.25) is 9.59 Å². The molecule has 1 fully saturated rings. The van der Waals surface area contributed by atoms with E-state index in [1.165, 1.54) is 6.08 Å². The quantitative estimate of drug-likeness (QED) is 0.0846. The summed E-state index contributed by atoms with van der Waals surface area (Å²) in [7, 11) is -2.12. The summed E-state index contributed by atoms with van der Waals surface area (Å²) in [4.78, 5) is 40.0. The predicted molar refractivity (Wildman–Crippen MR) is 112 cm³/mol. The SMILES string of the molecule is C=CCOC(=O)C(=[N+]=[N-])C(=O)[C@H](CC)[C@H]1NC(=O)[C@@H]1[C@@H](C)O[Si](C)(C)C(C)(C)C. The second-order valence-corrected chi connectivity index (χ2v) is 13.6. The maximum Gasteiger partial charge on any atom is 0.441 e. The normalized spacial score (nSPS) is 21.1. The molecule has 1 aliphatic heterocycles. The van der Waals surface area contributed by atoms with Crippen LogP contribution >= 0.6 is 0 Å². The lowest BCUT2D eigenvalue weighted by atomic mass is 9.74. The lowest BCUT2D eigenvalue weighted by molar-refractivity contribution is -0.145. The fraction of sp³-hybridized carbons (Fsp3) is 0.700. The fourth-order valence-electron chi connectivity index (χ4n) is 3.16. The van der Waals surface area contributed by atoms with Crippen LogP contribution < -0.4 is 5.32 Å². The smallest absolute Gasteiger partial charge is 0.441 e. The molecule has 1 rings (SSSR count). The van der Waals surface area contributed by atoms with E-state index in [0.717, 1.165) is 0 Å². The minimum Gasteiger partial charge on any atom is -0.453 e. The number of β-lactam (4-membered cyclic amide) rings is 1. The topological polar surface area (TPSA) is 118 Å². The molecule has 0 aromatic heterocycles. The number of carbonyl (C=O) groups is 3. The van der Waals surface area contributed by atoms with E-state index in [2.05, 4.69) is 50.6 Å². The Kier molecular flexibility index (Phi) is 8.26. The monoisotopic (exact) mass is 423 g/mol. The third-order valence-electron chi connectivity index (χ3n) is 5.86. The van der Waals surface area contributed by atoms with Gasteiger partial charge in [-0.15, -0.1) is 0 Å². The number of esters is 1. The highest BCUT2D eigenvalue weighted by molar-refractivity contribution is 6.74. The summed E-state index contributed by atoms with van der Waals surface area (Å²) < 4.78 is 11.2. The van der Waals surface area contributed by atoms with Crippen LogP contribution in [0.15, 0.2) is 12.7 Å². The van der Waals surface area contributed by atoms with Crippen molar-refractivity contribution in [3.8, 4) is 0 Å². The molecule has 0 aromatic rings. The van der Waals surface area contributed by atoms with Gasteiger partial charge < -0.3 is 20.0 Å². The molecule has 0 spiro atoms. The zero-order valence-corrected chi connectivity index (χ0v) is 19.4. The molecule has 0 radical (unpaired) electrons. The number of nitrogens with one attached hydrogen (secondary N) is 1. The summed E-state index contributed by atoms with van der Waals surface area (Å²) in [6, 6.07) is -0.510. The lowest BCUT2D eigenvalue weighted by Crippen LogP contribution is -2.67. The number of carbonyl (C=O) groups excluding carboxylic acids is 3. The minimum absolute atomic E-state index is 0.0252. The van der Waals surface area contributed by atoms with E-state index in [0.29, 0.717) is 6.42 Å². The standard InChI is InChI=1S/C20H33N3O5Si/c1-9-11-27-19(26)16(23-21)17(24)13(10-2)15-14(18(25)22-15)12(3)28-29(7,8)20(4,5)6/h9,12-15H,1,10-11H2,2-8H3,(H,22,25)/t12-,13-,14-,15-/m1/s1. The van der Waals surface area contributed by atoms with Crippen molar-refractivity contribution < 1.29 is 28.3 Å². The van der Waals surface area contributed by atoms with Gasteiger partial charge in [-0.2, -0.15) is 4.79 Å². The maximum absolute atomic E-state index is 12.9. The Morgan fingerprint density at radius 3 is 2.38 bits per heavy atom. The second kappa shape index (κ2) is 9.60. The first-order valence-electron chi connectivity index (χ1n) is 9.84. The highest BCUT2D eigenvalue weighted by atomic mass is 28.4. The third-order valence-corrected chi connectivity index (χ3v) is 10.4. The molecule has 0 aliphatic carbocycles. The van der Waals surface area contributed by atoms with Gasteiger partial charge in [0.15, 0.2) is 8.32 Å². The molecule has 1 amide bonds. The molecule has 1 heterocycles. The third kappa shape index (κ3) is 5.50. The highest BCUT2D eigenvalue weighted by Crippen LogP contribution is 2.39. The Morgan fingerprint density at radius 2 is 1.97 bits per heavy atom. The summed E-state index contributed by atoms with van der Waals surface area (Å²) in [5, 5.41) is 2.74. The largest absolute Gasteiger partial charge is 0.453 e. The molecule has 1 N–H and O–H groups in total. The number of ketones is 1. The van der Waals surface area contributed by atoms with Crippen molar-refractivity contribution in [1.29, 1.82) is 0 Å². The van der Waals surface area contributed by atoms with Gasteiger partial charge in [0.05, 0.1) is 24.0 Å². The van der Waals surface area contributed by atoms with Gasteiger partial charge >= 0.3 is 11.7 Å². The Hall–Kier alpha value is -2.09. The molecule has 0 aromatic carbocycles. The molecular weight excluding hydrogens is 390 g/mol. The van der Waals surface area contributed by atoms with Crippen LogP contribution in [0.5, 0.6) is 0 Å². The summed E-state index contributed by atoms with van der Waals surface area (Å²) in [5.74, 6) is -3.14. The second-order valence-electron chi connectivity index (χ2n) is 8.86. The molecule has 9 heteroatoms. The van der Waals surface area contributed by atoms with Crippen molar-refractivity contribution in [2.75, 3.05) is 6.61 Å². The number of hydrogen-bond donors (Lipinski definition) is 1. The number of hydrogen-bond acceptors (Lipinski definition) is 5. The van der Waals surface area contributed by atoms with E-state index in [9.17, 15) is 19.9 Å². The van der Waals surface area contributed by atoms with E-state index in [1.807, 2.05) is 6.92 Å². The predicted octanol–water partition coefficient (Wildman–Crippen LogP) is 2.51. The molecule has 162 valence electrons. The van der Waals surface area contributed by atoms with Gasteiger partial charge in [-0.05, 0) is 31.5 Å². The van der Waals surface area contributed by atoms with Crippen LogP contribution in [0.1, 0.15) is 41.0 Å². The molecule has 4 atom stereocenters. The van der Waals surface area contributed by atoms with Crippen LogP contribution in [-0.2, 0) is 23.5 Å². The first kappa shape index (κ1) is 24.9. The first-order chi connectivity index (χ1) is 13.3. The minimum atomic E-state index is -2.12. The summed E-state index contributed by atoms with van der Waals surface area (Å²) in [5.41, 5.74) is 8.50. The Balaban J connectivity index is 3.03. The van der Waals surface area contributed by atoms with Crippen molar-refractivity contribution in [2.45, 2.75) is 71.3 Å². The van der Waals surface area contributed by atoms with Gasteiger partial charge in [-0.25, -0.2) is 4.79 Å². The van der Waals surface area contributed by atoms with Crippen LogP contribution in [0.2, 0.25) is 18.1 Å². The molecule has 1 saturated heterocycles. The van der Waals surface area contributed by atoms with Crippen molar-refractivity contribution in [1.82, 2.24) is 5.32 Å². The van der Waals surface area contributed by atoms with Crippen LogP contribution in [0.3, 0.4) is 0 Å². The van der Waals surface area contributed by atoms with Crippen LogP contribution in [0.25, 0.3) is 5.53 Å². The summed E-state index contributed by atoms with van der Waals surface area (Å²) >= 11 is 0. The van der Waals surface area contributed by atoms with E-state index in [4.69, 9.17) is 9.16 Å². The summed E-state index contributed by atoms with van der Waals surface area (Å²) in [6.07, 6.45) is 1.30. The molecule has 1 aliphatic rings. The summed E-state index contributed by atoms with van der Waals surface area (Å²) in [6.45, 7) is 17.5. The first-order valence-corrected chi connectivity index (χ1v) is 12.8. The van der Waals surface area contributed by atoms with Crippen molar-refractivity contribution in [3.63, 3.8) is 0 Å². The average Bonchev–Trinajstić information content (AvgIpc) is 2.58. The number of Topliss-reactive ketones (excluding diaryl/α,β-unsaturated/α-hetero) is 1.